The minimum Gasteiger partial charge on any atom is -0.502 e. The van der Waals surface area contributed by atoms with Gasteiger partial charge in [-0.15, -0.1) is 0 Å². The van der Waals surface area contributed by atoms with Crippen molar-refractivity contribution in [3.8, 4) is 17.2 Å². The Labute approximate surface area is 164 Å². The minimum absolute atomic E-state index is 0.00652. The van der Waals surface area contributed by atoms with E-state index in [-0.39, 0.29) is 5.75 Å². The zero-order valence-electron chi connectivity index (χ0n) is 15.6. The highest BCUT2D eigenvalue weighted by Crippen LogP contribution is 2.36. The van der Waals surface area contributed by atoms with Crippen LogP contribution in [0.3, 0.4) is 0 Å². The molecule has 1 heterocycles. The second-order valence-electron chi connectivity index (χ2n) is 6.37. The molecular formula is C20H24ClN3O3. The molecule has 3 rings (SSSR count). The first-order chi connectivity index (χ1) is 13.1. The zero-order valence-corrected chi connectivity index (χ0v) is 16.3. The number of phenols is 1. The summed E-state index contributed by atoms with van der Waals surface area (Å²) >= 11 is 5.94. The molecule has 1 aliphatic rings. The van der Waals surface area contributed by atoms with E-state index >= 15 is 0 Å². The molecule has 0 bridgehead atoms. The predicted octanol–water partition coefficient (Wildman–Crippen LogP) is 3.21. The molecule has 2 aromatic rings. The van der Waals surface area contributed by atoms with Crippen molar-refractivity contribution in [1.29, 1.82) is 0 Å². The van der Waals surface area contributed by atoms with Gasteiger partial charge in [-0.1, -0.05) is 23.7 Å². The Balaban J connectivity index is 1.56. The maximum Gasteiger partial charge on any atom is 0.200 e. The Bertz CT molecular complexity index is 763. The summed E-state index contributed by atoms with van der Waals surface area (Å²) in [4.78, 5) is 2.40. The fraction of sp³-hybridized carbons (Fsp3) is 0.350. The molecule has 1 aliphatic heterocycles. The summed E-state index contributed by atoms with van der Waals surface area (Å²) < 4.78 is 10.4. The SMILES string of the molecule is COc1cc(/C=N\N2CCN(Cc3ccc(Cl)cc3)CC2)cc(OC)c1O. The van der Waals surface area contributed by atoms with E-state index in [1.165, 1.54) is 19.8 Å². The summed E-state index contributed by atoms with van der Waals surface area (Å²) in [6.45, 7) is 4.53. The Morgan fingerprint density at radius 3 is 2.19 bits per heavy atom. The van der Waals surface area contributed by atoms with Gasteiger partial charge in [-0.05, 0) is 29.8 Å². The molecule has 1 N–H and O–H groups in total. The van der Waals surface area contributed by atoms with Gasteiger partial charge >= 0.3 is 0 Å². The summed E-state index contributed by atoms with van der Waals surface area (Å²) in [7, 11) is 3.02. The Morgan fingerprint density at radius 2 is 1.63 bits per heavy atom. The molecule has 27 heavy (non-hydrogen) atoms. The Kier molecular flexibility index (Phi) is 6.42. The highest BCUT2D eigenvalue weighted by atomic mass is 35.5. The lowest BCUT2D eigenvalue weighted by molar-refractivity contribution is 0.131. The van der Waals surface area contributed by atoms with Crippen LogP contribution in [0.25, 0.3) is 0 Å². The smallest absolute Gasteiger partial charge is 0.200 e. The van der Waals surface area contributed by atoms with Gasteiger partial charge in [0, 0.05) is 43.3 Å². The van der Waals surface area contributed by atoms with Crippen LogP contribution in [-0.2, 0) is 6.54 Å². The first-order valence-electron chi connectivity index (χ1n) is 8.79. The largest absolute Gasteiger partial charge is 0.502 e. The fourth-order valence-corrected chi connectivity index (χ4v) is 3.12. The van der Waals surface area contributed by atoms with Gasteiger partial charge in [-0.2, -0.15) is 5.10 Å². The van der Waals surface area contributed by atoms with Gasteiger partial charge in [0.15, 0.2) is 11.5 Å². The summed E-state index contributed by atoms with van der Waals surface area (Å²) in [5, 5.41) is 17.3. The third kappa shape index (κ3) is 5.05. The molecule has 1 saturated heterocycles. The third-order valence-corrected chi connectivity index (χ3v) is 4.79. The number of piperazine rings is 1. The summed E-state index contributed by atoms with van der Waals surface area (Å²) in [6, 6.07) is 11.5. The number of nitrogens with zero attached hydrogens (tertiary/aromatic N) is 3. The van der Waals surface area contributed by atoms with E-state index in [1.54, 1.807) is 18.3 Å². The first kappa shape index (κ1) is 19.3. The van der Waals surface area contributed by atoms with Crippen molar-refractivity contribution in [3.05, 3.63) is 52.5 Å². The zero-order chi connectivity index (χ0) is 19.2. The van der Waals surface area contributed by atoms with Crippen molar-refractivity contribution in [1.82, 2.24) is 9.91 Å². The van der Waals surface area contributed by atoms with Crippen molar-refractivity contribution in [2.45, 2.75) is 6.54 Å². The molecular weight excluding hydrogens is 366 g/mol. The lowest BCUT2D eigenvalue weighted by atomic mass is 10.2. The molecule has 0 saturated carbocycles. The van der Waals surface area contributed by atoms with Gasteiger partial charge in [0.05, 0.1) is 20.4 Å². The quantitative estimate of drug-likeness (QED) is 0.769. The number of rotatable bonds is 6. The van der Waals surface area contributed by atoms with E-state index < -0.39 is 0 Å². The predicted molar refractivity (Wildman–Crippen MR) is 107 cm³/mol. The number of hydrazone groups is 1. The van der Waals surface area contributed by atoms with Crippen LogP contribution in [0.5, 0.6) is 17.2 Å². The molecule has 0 aliphatic carbocycles. The van der Waals surface area contributed by atoms with E-state index in [1.807, 2.05) is 17.1 Å². The highest BCUT2D eigenvalue weighted by molar-refractivity contribution is 6.30. The number of ether oxygens (including phenoxy) is 2. The molecule has 0 radical (unpaired) electrons. The lowest BCUT2D eigenvalue weighted by Crippen LogP contribution is -2.43. The normalized spacial score (nSPS) is 15.3. The van der Waals surface area contributed by atoms with E-state index in [2.05, 4.69) is 22.1 Å². The molecule has 144 valence electrons. The molecule has 0 spiro atoms. The van der Waals surface area contributed by atoms with Crippen LogP contribution in [0.15, 0.2) is 41.5 Å². The van der Waals surface area contributed by atoms with Crippen molar-refractivity contribution < 1.29 is 14.6 Å². The molecule has 0 unspecified atom stereocenters. The Hall–Kier alpha value is -2.44. The topological polar surface area (TPSA) is 57.5 Å². The van der Waals surface area contributed by atoms with E-state index in [0.29, 0.717) is 11.5 Å². The summed E-state index contributed by atoms with van der Waals surface area (Å²) in [5.74, 6) is 0.722. The molecule has 1 fully saturated rings. The van der Waals surface area contributed by atoms with Crippen LogP contribution >= 0.6 is 11.6 Å². The molecule has 7 heteroatoms. The van der Waals surface area contributed by atoms with Gasteiger partial charge in [0.25, 0.3) is 0 Å². The van der Waals surface area contributed by atoms with Gasteiger partial charge in [0.1, 0.15) is 0 Å². The first-order valence-corrected chi connectivity index (χ1v) is 9.17. The van der Waals surface area contributed by atoms with E-state index in [0.717, 1.165) is 43.3 Å². The minimum atomic E-state index is -0.00652. The molecule has 6 nitrogen and oxygen atoms in total. The average Bonchev–Trinajstić information content (AvgIpc) is 2.70. The second-order valence-corrected chi connectivity index (χ2v) is 6.81. The van der Waals surface area contributed by atoms with Crippen LogP contribution in [0.2, 0.25) is 5.02 Å². The van der Waals surface area contributed by atoms with Crippen LogP contribution in [-0.4, -0.2) is 61.6 Å². The van der Waals surface area contributed by atoms with Crippen LogP contribution < -0.4 is 9.47 Å². The van der Waals surface area contributed by atoms with Gasteiger partial charge < -0.3 is 14.6 Å². The number of phenolic OH excluding ortho intramolecular Hbond substituents is 1. The van der Waals surface area contributed by atoms with Crippen molar-refractivity contribution in [3.63, 3.8) is 0 Å². The molecule has 0 atom stereocenters. The number of hydrogen-bond donors (Lipinski definition) is 1. The van der Waals surface area contributed by atoms with Crippen LogP contribution in [0, 0.1) is 0 Å². The molecule has 0 amide bonds. The van der Waals surface area contributed by atoms with Crippen LogP contribution in [0.1, 0.15) is 11.1 Å². The van der Waals surface area contributed by atoms with Crippen molar-refractivity contribution in [2.75, 3.05) is 40.4 Å². The number of halogens is 1. The molecule has 2 aromatic carbocycles. The highest BCUT2D eigenvalue weighted by Gasteiger charge is 2.16. The van der Waals surface area contributed by atoms with Gasteiger partial charge in [0.2, 0.25) is 5.75 Å². The van der Waals surface area contributed by atoms with E-state index in [4.69, 9.17) is 21.1 Å². The fourth-order valence-electron chi connectivity index (χ4n) is 3.00. The lowest BCUT2D eigenvalue weighted by Gasteiger charge is -2.33. The summed E-state index contributed by atoms with van der Waals surface area (Å²) in [6.07, 6.45) is 1.76. The van der Waals surface area contributed by atoms with Gasteiger partial charge in [-0.3, -0.25) is 9.91 Å². The number of methoxy groups -OCH3 is 2. The number of hydrogen-bond acceptors (Lipinski definition) is 6. The Morgan fingerprint density at radius 1 is 1.04 bits per heavy atom. The van der Waals surface area contributed by atoms with Gasteiger partial charge in [-0.25, -0.2) is 0 Å². The molecule has 0 aromatic heterocycles. The maximum absolute atomic E-state index is 9.98. The third-order valence-electron chi connectivity index (χ3n) is 4.54. The van der Waals surface area contributed by atoms with E-state index in [9.17, 15) is 5.11 Å². The standard InChI is InChI=1S/C20H24ClN3O3/c1-26-18-11-16(12-19(27-2)20(18)25)13-22-24-9-7-23(8-10-24)14-15-3-5-17(21)6-4-15/h3-6,11-13,25H,7-10,14H2,1-2H3/b22-13-. The summed E-state index contributed by atoms with van der Waals surface area (Å²) in [5.41, 5.74) is 2.07. The average molecular weight is 390 g/mol. The van der Waals surface area contributed by atoms with Crippen molar-refractivity contribution in [2.24, 2.45) is 5.10 Å². The second kappa shape index (κ2) is 8.97. The van der Waals surface area contributed by atoms with Crippen LogP contribution in [0.4, 0.5) is 0 Å². The monoisotopic (exact) mass is 389 g/mol. The number of aromatic hydroxyl groups is 1. The number of benzene rings is 2. The van der Waals surface area contributed by atoms with Crippen molar-refractivity contribution >= 4 is 17.8 Å². The maximum atomic E-state index is 9.98.